The molecule has 0 saturated heterocycles. The first-order valence-electron chi connectivity index (χ1n) is 11.4. The van der Waals surface area contributed by atoms with E-state index >= 15 is 0 Å². The molecule has 0 fully saturated rings. The van der Waals surface area contributed by atoms with Gasteiger partial charge in [-0.25, -0.2) is 14.1 Å². The minimum Gasteiger partial charge on any atom is -0.308 e. The lowest BCUT2D eigenvalue weighted by Gasteiger charge is -2.06. The zero-order chi connectivity index (χ0) is 24.5. The molecule has 0 bridgehead atoms. The predicted octanol–water partition coefficient (Wildman–Crippen LogP) is 5.05. The van der Waals surface area contributed by atoms with Gasteiger partial charge in [0.05, 0.1) is 12.2 Å². The summed E-state index contributed by atoms with van der Waals surface area (Å²) in [4.78, 5) is 17.4. The average molecular weight is 469 g/mol. The molecule has 1 amide bonds. The summed E-state index contributed by atoms with van der Waals surface area (Å²) in [6.07, 6.45) is 1.74. The molecule has 5 aromatic rings. The fraction of sp³-hybridized carbons (Fsp3) is 0.185. The number of aromatic nitrogens is 5. The van der Waals surface area contributed by atoms with Crippen LogP contribution in [0.2, 0.25) is 0 Å². The third-order valence-electron chi connectivity index (χ3n) is 5.99. The van der Waals surface area contributed by atoms with Crippen LogP contribution in [0.4, 0.5) is 10.2 Å². The summed E-state index contributed by atoms with van der Waals surface area (Å²) in [5.41, 5.74) is 6.10. The largest absolute Gasteiger partial charge is 0.308 e. The molecule has 0 aliphatic carbocycles. The number of carbonyl (C=O) groups is 1. The molecule has 3 aromatic heterocycles. The lowest BCUT2D eigenvalue weighted by molar-refractivity contribution is -0.116. The van der Waals surface area contributed by atoms with Crippen molar-refractivity contribution in [2.24, 2.45) is 0 Å². The lowest BCUT2D eigenvalue weighted by Crippen LogP contribution is -2.20. The monoisotopic (exact) mass is 468 g/mol. The highest BCUT2D eigenvalue weighted by atomic mass is 19.1. The predicted molar refractivity (Wildman–Crippen MR) is 134 cm³/mol. The highest BCUT2D eigenvalue weighted by Crippen LogP contribution is 2.30. The fourth-order valence-corrected chi connectivity index (χ4v) is 4.20. The van der Waals surface area contributed by atoms with Crippen molar-refractivity contribution in [2.45, 2.75) is 33.9 Å². The van der Waals surface area contributed by atoms with E-state index in [1.807, 2.05) is 19.9 Å². The molecule has 1 N–H and O–H groups in total. The van der Waals surface area contributed by atoms with Gasteiger partial charge in [-0.3, -0.25) is 9.48 Å². The number of aryl methyl sites for hydroxylation is 3. The summed E-state index contributed by atoms with van der Waals surface area (Å²) in [6.45, 7) is 6.11. The van der Waals surface area contributed by atoms with Crippen LogP contribution < -0.4 is 5.32 Å². The van der Waals surface area contributed by atoms with E-state index < -0.39 is 0 Å². The molecule has 2 aromatic carbocycles. The standard InChI is InChI=1S/C27H25FN6O/c1-17-8-10-20(11-9-17)22-12-13-29-27-26(22)19(3)31-34(27)16-25(35)30-24-14-18(2)33(32-24)15-21-6-4-5-7-23(21)28/h4-14H,15-16H2,1-3H3,(H,30,32,35). The Morgan fingerprint density at radius 3 is 2.51 bits per heavy atom. The van der Waals surface area contributed by atoms with E-state index in [1.54, 1.807) is 39.8 Å². The van der Waals surface area contributed by atoms with Crippen LogP contribution in [0.5, 0.6) is 0 Å². The summed E-state index contributed by atoms with van der Waals surface area (Å²) in [5, 5.41) is 12.8. The Kier molecular flexibility index (Phi) is 5.86. The maximum Gasteiger partial charge on any atom is 0.247 e. The van der Waals surface area contributed by atoms with Gasteiger partial charge in [-0.2, -0.15) is 10.2 Å². The number of nitrogens with one attached hydrogen (secondary N) is 1. The summed E-state index contributed by atoms with van der Waals surface area (Å²) in [5.74, 6) is -0.149. The molecule has 7 nitrogen and oxygen atoms in total. The second kappa shape index (κ2) is 9.13. The number of halogens is 1. The van der Waals surface area contributed by atoms with E-state index in [1.165, 1.54) is 11.6 Å². The number of hydrogen-bond acceptors (Lipinski definition) is 4. The van der Waals surface area contributed by atoms with Crippen molar-refractivity contribution in [3.8, 4) is 11.1 Å². The smallest absolute Gasteiger partial charge is 0.247 e. The normalized spacial score (nSPS) is 11.2. The summed E-state index contributed by atoms with van der Waals surface area (Å²) in [7, 11) is 0. The van der Waals surface area contributed by atoms with Crippen molar-refractivity contribution in [1.82, 2.24) is 24.5 Å². The summed E-state index contributed by atoms with van der Waals surface area (Å²) >= 11 is 0. The topological polar surface area (TPSA) is 77.6 Å². The number of carbonyl (C=O) groups excluding carboxylic acids is 1. The van der Waals surface area contributed by atoms with Crippen LogP contribution in [0.1, 0.15) is 22.5 Å². The van der Waals surface area contributed by atoms with Gasteiger partial charge in [-0.1, -0.05) is 48.0 Å². The second-order valence-corrected chi connectivity index (χ2v) is 8.63. The third kappa shape index (κ3) is 4.55. The molecule has 0 spiro atoms. The van der Waals surface area contributed by atoms with E-state index in [0.717, 1.165) is 27.9 Å². The molecule has 0 atom stereocenters. The number of amides is 1. The van der Waals surface area contributed by atoms with E-state index in [9.17, 15) is 9.18 Å². The SMILES string of the molecule is Cc1ccc(-c2ccnc3c2c(C)nn3CC(=O)Nc2cc(C)n(Cc3ccccc3F)n2)cc1. The Hall–Kier alpha value is -4.33. The number of nitrogens with zero attached hydrogens (tertiary/aromatic N) is 5. The first-order chi connectivity index (χ1) is 16.9. The molecule has 8 heteroatoms. The van der Waals surface area contributed by atoms with Gasteiger partial charge in [-0.05, 0) is 44.0 Å². The minimum absolute atomic E-state index is 0.00604. The van der Waals surface area contributed by atoms with Crippen molar-refractivity contribution in [2.75, 3.05) is 5.32 Å². The van der Waals surface area contributed by atoms with Crippen molar-refractivity contribution < 1.29 is 9.18 Å². The Labute approximate surface area is 202 Å². The Bertz CT molecular complexity index is 1530. The second-order valence-electron chi connectivity index (χ2n) is 8.63. The third-order valence-corrected chi connectivity index (χ3v) is 5.99. The molecule has 0 aliphatic heterocycles. The van der Waals surface area contributed by atoms with Crippen LogP contribution in [0, 0.1) is 26.6 Å². The van der Waals surface area contributed by atoms with Crippen molar-refractivity contribution in [3.05, 3.63) is 95.2 Å². The van der Waals surface area contributed by atoms with Crippen LogP contribution in [-0.4, -0.2) is 30.5 Å². The maximum atomic E-state index is 14.0. The maximum absolute atomic E-state index is 14.0. The molecule has 0 saturated carbocycles. The van der Waals surface area contributed by atoms with E-state index in [4.69, 9.17) is 0 Å². The number of fused-ring (bicyclic) bond motifs is 1. The van der Waals surface area contributed by atoms with E-state index in [-0.39, 0.29) is 24.8 Å². The van der Waals surface area contributed by atoms with Crippen molar-refractivity contribution in [1.29, 1.82) is 0 Å². The quantitative estimate of drug-likeness (QED) is 0.379. The first-order valence-corrected chi connectivity index (χ1v) is 11.4. The van der Waals surface area contributed by atoms with Gasteiger partial charge in [0, 0.05) is 28.9 Å². The van der Waals surface area contributed by atoms with Crippen molar-refractivity contribution in [3.63, 3.8) is 0 Å². The van der Waals surface area contributed by atoms with Crippen LogP contribution in [-0.2, 0) is 17.9 Å². The number of rotatable bonds is 6. The first kappa shape index (κ1) is 22.5. The van der Waals surface area contributed by atoms with E-state index in [2.05, 4.69) is 51.7 Å². The zero-order valence-electron chi connectivity index (χ0n) is 19.8. The molecule has 176 valence electrons. The molecule has 3 heterocycles. The molecular formula is C27H25FN6O. The van der Waals surface area contributed by atoms with Gasteiger partial charge in [0.1, 0.15) is 12.4 Å². The van der Waals surface area contributed by atoms with Crippen LogP contribution in [0.15, 0.2) is 66.9 Å². The molecule has 0 aliphatic rings. The van der Waals surface area contributed by atoms with E-state index in [0.29, 0.717) is 17.0 Å². The van der Waals surface area contributed by atoms with Gasteiger partial charge in [0.25, 0.3) is 0 Å². The summed E-state index contributed by atoms with van der Waals surface area (Å²) < 4.78 is 17.3. The Balaban J connectivity index is 1.36. The summed E-state index contributed by atoms with van der Waals surface area (Å²) in [6, 6.07) is 18.6. The van der Waals surface area contributed by atoms with Crippen LogP contribution in [0.25, 0.3) is 22.2 Å². The lowest BCUT2D eigenvalue weighted by atomic mass is 10.0. The molecular weight excluding hydrogens is 443 g/mol. The average Bonchev–Trinajstić information content (AvgIpc) is 3.34. The number of hydrogen-bond donors (Lipinski definition) is 1. The van der Waals surface area contributed by atoms with Gasteiger partial charge in [-0.15, -0.1) is 0 Å². The molecule has 0 radical (unpaired) electrons. The molecule has 5 rings (SSSR count). The van der Waals surface area contributed by atoms with Gasteiger partial charge >= 0.3 is 0 Å². The van der Waals surface area contributed by atoms with Crippen LogP contribution in [0.3, 0.4) is 0 Å². The zero-order valence-corrected chi connectivity index (χ0v) is 19.8. The van der Waals surface area contributed by atoms with Crippen molar-refractivity contribution >= 4 is 22.8 Å². The fourth-order valence-electron chi connectivity index (χ4n) is 4.20. The molecule has 0 unspecified atom stereocenters. The van der Waals surface area contributed by atoms with Gasteiger partial charge in [0.2, 0.25) is 5.91 Å². The van der Waals surface area contributed by atoms with Gasteiger partial charge in [0.15, 0.2) is 11.5 Å². The Morgan fingerprint density at radius 1 is 0.971 bits per heavy atom. The Morgan fingerprint density at radius 2 is 1.74 bits per heavy atom. The number of anilines is 1. The molecule has 35 heavy (non-hydrogen) atoms. The number of benzene rings is 2. The number of pyridine rings is 1. The van der Waals surface area contributed by atoms with Crippen LogP contribution >= 0.6 is 0 Å². The van der Waals surface area contributed by atoms with Gasteiger partial charge < -0.3 is 5.32 Å². The minimum atomic E-state index is -0.286. The highest BCUT2D eigenvalue weighted by Gasteiger charge is 2.17. The highest BCUT2D eigenvalue weighted by molar-refractivity contribution is 5.96.